The van der Waals surface area contributed by atoms with Crippen molar-refractivity contribution in [3.05, 3.63) is 29.8 Å². The van der Waals surface area contributed by atoms with Gasteiger partial charge in [-0.05, 0) is 62.3 Å². The standard InChI is InChI=1S/C16H25BN2O2/c20-17(21)15-3-1-14(2-4-15)12-19-9-7-13(8-10-19)11-18-16-5-6-16/h1-4,13,16,18,20-21H,5-12H2. The molecule has 2 fully saturated rings. The minimum Gasteiger partial charge on any atom is -0.423 e. The third-order valence-electron chi connectivity index (χ3n) is 4.66. The Morgan fingerprint density at radius 2 is 1.71 bits per heavy atom. The average molecular weight is 288 g/mol. The molecule has 0 amide bonds. The van der Waals surface area contributed by atoms with Gasteiger partial charge in [-0.15, -0.1) is 0 Å². The quantitative estimate of drug-likeness (QED) is 0.660. The molecular formula is C16H25BN2O2. The fourth-order valence-electron chi connectivity index (χ4n) is 3.02. The summed E-state index contributed by atoms with van der Waals surface area (Å²) < 4.78 is 0. The second-order valence-electron chi connectivity index (χ2n) is 6.52. The van der Waals surface area contributed by atoms with E-state index in [4.69, 9.17) is 10.0 Å². The molecule has 1 aliphatic heterocycles. The van der Waals surface area contributed by atoms with Crippen LogP contribution in [0.15, 0.2) is 24.3 Å². The molecule has 1 heterocycles. The van der Waals surface area contributed by atoms with Crippen molar-refractivity contribution in [3.63, 3.8) is 0 Å². The predicted molar refractivity (Wildman–Crippen MR) is 85.3 cm³/mol. The number of nitrogens with one attached hydrogen (secondary N) is 1. The highest BCUT2D eigenvalue weighted by molar-refractivity contribution is 6.58. The van der Waals surface area contributed by atoms with Gasteiger partial charge in [0.25, 0.3) is 0 Å². The summed E-state index contributed by atoms with van der Waals surface area (Å²) in [6.45, 7) is 4.49. The average Bonchev–Trinajstić information content (AvgIpc) is 3.31. The lowest BCUT2D eigenvalue weighted by atomic mass is 9.80. The summed E-state index contributed by atoms with van der Waals surface area (Å²) in [6, 6.07) is 8.41. The molecule has 1 saturated carbocycles. The number of hydrogen-bond acceptors (Lipinski definition) is 4. The van der Waals surface area contributed by atoms with E-state index in [0.717, 1.165) is 18.5 Å². The lowest BCUT2D eigenvalue weighted by molar-refractivity contribution is 0.175. The van der Waals surface area contributed by atoms with Crippen LogP contribution in [0.1, 0.15) is 31.2 Å². The van der Waals surface area contributed by atoms with Crippen molar-refractivity contribution in [1.82, 2.24) is 10.2 Å². The van der Waals surface area contributed by atoms with Crippen molar-refractivity contribution < 1.29 is 10.0 Å². The minimum atomic E-state index is -1.37. The van der Waals surface area contributed by atoms with Crippen LogP contribution in [0.3, 0.4) is 0 Å². The number of hydrogen-bond donors (Lipinski definition) is 3. The Morgan fingerprint density at radius 1 is 1.05 bits per heavy atom. The van der Waals surface area contributed by atoms with Gasteiger partial charge in [0.2, 0.25) is 0 Å². The van der Waals surface area contributed by atoms with Crippen molar-refractivity contribution in [2.45, 2.75) is 38.3 Å². The van der Waals surface area contributed by atoms with Crippen LogP contribution >= 0.6 is 0 Å². The van der Waals surface area contributed by atoms with Gasteiger partial charge in [-0.1, -0.05) is 24.3 Å². The van der Waals surface area contributed by atoms with Crippen molar-refractivity contribution in [2.75, 3.05) is 19.6 Å². The summed E-state index contributed by atoms with van der Waals surface area (Å²) in [5.41, 5.74) is 1.80. The third kappa shape index (κ3) is 4.55. The summed E-state index contributed by atoms with van der Waals surface area (Å²) in [4.78, 5) is 2.50. The molecule has 5 heteroatoms. The maximum atomic E-state index is 9.10. The van der Waals surface area contributed by atoms with E-state index in [2.05, 4.69) is 10.2 Å². The van der Waals surface area contributed by atoms with Gasteiger partial charge in [0.15, 0.2) is 0 Å². The van der Waals surface area contributed by atoms with Gasteiger partial charge in [-0.2, -0.15) is 0 Å². The van der Waals surface area contributed by atoms with E-state index in [1.807, 2.05) is 12.1 Å². The molecule has 1 saturated heterocycles. The molecule has 0 bridgehead atoms. The SMILES string of the molecule is OB(O)c1ccc(CN2CCC(CNC3CC3)CC2)cc1. The second-order valence-corrected chi connectivity index (χ2v) is 6.52. The van der Waals surface area contributed by atoms with E-state index in [0.29, 0.717) is 5.46 Å². The molecule has 1 aliphatic carbocycles. The first-order valence-electron chi connectivity index (χ1n) is 8.11. The Kier molecular flexibility index (Phi) is 4.96. The highest BCUT2D eigenvalue weighted by Gasteiger charge is 2.24. The Morgan fingerprint density at radius 3 is 2.29 bits per heavy atom. The molecule has 0 unspecified atom stereocenters. The first-order valence-corrected chi connectivity index (χ1v) is 8.11. The maximum absolute atomic E-state index is 9.10. The maximum Gasteiger partial charge on any atom is 0.488 e. The van der Waals surface area contributed by atoms with Crippen LogP contribution in [0, 0.1) is 5.92 Å². The van der Waals surface area contributed by atoms with Crippen LogP contribution in [-0.2, 0) is 6.54 Å². The summed E-state index contributed by atoms with van der Waals surface area (Å²) in [5, 5.41) is 21.8. The zero-order valence-corrected chi connectivity index (χ0v) is 12.5. The van der Waals surface area contributed by atoms with Gasteiger partial charge < -0.3 is 15.4 Å². The molecule has 21 heavy (non-hydrogen) atoms. The summed E-state index contributed by atoms with van der Waals surface area (Å²) in [5.74, 6) is 0.841. The van der Waals surface area contributed by atoms with Gasteiger partial charge in [0, 0.05) is 12.6 Å². The van der Waals surface area contributed by atoms with E-state index in [1.54, 1.807) is 12.1 Å². The molecule has 1 aromatic carbocycles. The van der Waals surface area contributed by atoms with Crippen LogP contribution in [0.4, 0.5) is 0 Å². The van der Waals surface area contributed by atoms with Crippen molar-refractivity contribution in [2.24, 2.45) is 5.92 Å². The van der Waals surface area contributed by atoms with Crippen LogP contribution in [0.25, 0.3) is 0 Å². The molecule has 1 aromatic rings. The van der Waals surface area contributed by atoms with Crippen molar-refractivity contribution in [1.29, 1.82) is 0 Å². The highest BCUT2D eigenvalue weighted by Crippen LogP contribution is 2.22. The zero-order chi connectivity index (χ0) is 14.7. The number of piperidine rings is 1. The topological polar surface area (TPSA) is 55.7 Å². The van der Waals surface area contributed by atoms with Crippen LogP contribution < -0.4 is 10.8 Å². The Hall–Kier alpha value is -0.875. The number of benzene rings is 1. The summed E-state index contributed by atoms with van der Waals surface area (Å²) in [7, 11) is -1.37. The van der Waals surface area contributed by atoms with Gasteiger partial charge in [-0.3, -0.25) is 4.90 Å². The van der Waals surface area contributed by atoms with Crippen molar-refractivity contribution >= 4 is 12.6 Å². The van der Waals surface area contributed by atoms with Crippen molar-refractivity contribution in [3.8, 4) is 0 Å². The third-order valence-corrected chi connectivity index (χ3v) is 4.66. The van der Waals surface area contributed by atoms with Crippen LogP contribution in [0.2, 0.25) is 0 Å². The minimum absolute atomic E-state index is 0.559. The molecule has 0 aromatic heterocycles. The molecule has 0 spiro atoms. The molecule has 4 nitrogen and oxygen atoms in total. The first kappa shape index (κ1) is 15.0. The smallest absolute Gasteiger partial charge is 0.423 e. The molecule has 2 aliphatic rings. The molecule has 3 rings (SSSR count). The molecule has 0 atom stereocenters. The van der Waals surface area contributed by atoms with Crippen LogP contribution in [0.5, 0.6) is 0 Å². The highest BCUT2D eigenvalue weighted by atomic mass is 16.4. The van der Waals surface area contributed by atoms with E-state index in [-0.39, 0.29) is 0 Å². The summed E-state index contributed by atoms with van der Waals surface area (Å²) in [6.07, 6.45) is 5.31. The lowest BCUT2D eigenvalue weighted by Crippen LogP contribution is -2.37. The van der Waals surface area contributed by atoms with Gasteiger partial charge in [0.1, 0.15) is 0 Å². The first-order chi connectivity index (χ1) is 10.2. The van der Waals surface area contributed by atoms with E-state index >= 15 is 0 Å². The number of rotatable bonds is 6. The zero-order valence-electron chi connectivity index (χ0n) is 12.5. The number of likely N-dealkylation sites (tertiary alicyclic amines) is 1. The lowest BCUT2D eigenvalue weighted by Gasteiger charge is -2.32. The molecule has 3 N–H and O–H groups in total. The monoisotopic (exact) mass is 288 g/mol. The fraction of sp³-hybridized carbons (Fsp3) is 0.625. The van der Waals surface area contributed by atoms with E-state index < -0.39 is 7.12 Å². The van der Waals surface area contributed by atoms with E-state index in [1.165, 1.54) is 50.9 Å². The van der Waals surface area contributed by atoms with Gasteiger partial charge in [0.05, 0.1) is 0 Å². The fourth-order valence-corrected chi connectivity index (χ4v) is 3.02. The molecule has 114 valence electrons. The predicted octanol–water partition coefficient (Wildman–Crippen LogP) is 0.330. The Balaban J connectivity index is 1.41. The largest absolute Gasteiger partial charge is 0.488 e. The summed E-state index contributed by atoms with van der Waals surface area (Å²) >= 11 is 0. The van der Waals surface area contributed by atoms with Gasteiger partial charge in [-0.25, -0.2) is 0 Å². The second kappa shape index (κ2) is 6.92. The van der Waals surface area contributed by atoms with Crippen LogP contribution in [-0.4, -0.2) is 47.7 Å². The van der Waals surface area contributed by atoms with E-state index in [9.17, 15) is 0 Å². The number of nitrogens with zero attached hydrogens (tertiary/aromatic N) is 1. The normalized spacial score (nSPS) is 20.7. The molecular weight excluding hydrogens is 263 g/mol. The Labute approximate surface area is 127 Å². The van der Waals surface area contributed by atoms with Gasteiger partial charge >= 0.3 is 7.12 Å². The Bertz CT molecular complexity index is 440. The molecule has 0 radical (unpaired) electrons.